The number of hydroxylamine groups is 1. The fourth-order valence-corrected chi connectivity index (χ4v) is 2.99. The molecule has 1 aromatic carbocycles. The Morgan fingerprint density at radius 3 is 2.54 bits per heavy atom. The summed E-state index contributed by atoms with van der Waals surface area (Å²) in [6, 6.07) is 16.4. The van der Waals surface area contributed by atoms with Crippen molar-refractivity contribution in [3.63, 3.8) is 0 Å². The van der Waals surface area contributed by atoms with Crippen molar-refractivity contribution in [1.29, 1.82) is 0 Å². The number of hydrogen-bond donors (Lipinski definition) is 1. The number of benzene rings is 1. The molecule has 1 aromatic heterocycles. The van der Waals surface area contributed by atoms with Gasteiger partial charge in [0.15, 0.2) is 0 Å². The van der Waals surface area contributed by atoms with Crippen LogP contribution in [0.15, 0.2) is 60.8 Å². The molecule has 1 saturated heterocycles. The number of nitrogens with zero attached hydrogens (tertiary/aromatic N) is 3. The van der Waals surface area contributed by atoms with Crippen molar-refractivity contribution in [1.82, 2.24) is 15.4 Å². The second-order valence-electron chi connectivity index (χ2n) is 6.41. The maximum Gasteiger partial charge on any atom is 0.128 e. The Kier molecular flexibility index (Phi) is 7.05. The summed E-state index contributed by atoms with van der Waals surface area (Å²) in [6.07, 6.45) is 5.07. The highest BCUT2D eigenvalue weighted by atomic mass is 16.6. The minimum Gasteiger partial charge on any atom is -0.354 e. The molecule has 3 rings (SSSR count). The molecule has 0 atom stereocenters. The molecule has 0 radical (unpaired) electrons. The first kappa shape index (κ1) is 18.4. The summed E-state index contributed by atoms with van der Waals surface area (Å²) in [4.78, 5) is 14.8. The van der Waals surface area contributed by atoms with Gasteiger partial charge in [0, 0.05) is 38.9 Å². The average molecular weight is 352 g/mol. The monoisotopic (exact) mass is 352 g/mol. The molecule has 0 saturated carbocycles. The predicted molar refractivity (Wildman–Crippen MR) is 107 cm³/mol. The van der Waals surface area contributed by atoms with Gasteiger partial charge in [-0.25, -0.2) is 4.98 Å². The molecule has 26 heavy (non-hydrogen) atoms. The molecule has 1 aliphatic rings. The maximum atomic E-state index is 5.56. The van der Waals surface area contributed by atoms with Gasteiger partial charge in [0.2, 0.25) is 0 Å². The zero-order chi connectivity index (χ0) is 18.0. The Morgan fingerprint density at radius 2 is 1.85 bits per heavy atom. The van der Waals surface area contributed by atoms with E-state index in [0.717, 1.165) is 56.2 Å². The van der Waals surface area contributed by atoms with Crippen molar-refractivity contribution in [2.45, 2.75) is 13.3 Å². The van der Waals surface area contributed by atoms with Gasteiger partial charge in [0.05, 0.1) is 12.3 Å². The smallest absolute Gasteiger partial charge is 0.128 e. The normalized spacial score (nSPS) is 15.9. The van der Waals surface area contributed by atoms with Crippen LogP contribution in [-0.2, 0) is 4.84 Å². The quantitative estimate of drug-likeness (QED) is 0.584. The Hall–Kier alpha value is -2.37. The summed E-state index contributed by atoms with van der Waals surface area (Å²) < 4.78 is 0. The Balaban J connectivity index is 1.56. The van der Waals surface area contributed by atoms with Crippen molar-refractivity contribution in [2.24, 2.45) is 0 Å². The van der Waals surface area contributed by atoms with Crippen LogP contribution in [0.2, 0.25) is 0 Å². The maximum absolute atomic E-state index is 5.56. The van der Waals surface area contributed by atoms with E-state index < -0.39 is 0 Å². The first-order valence-corrected chi connectivity index (χ1v) is 9.38. The third-order valence-corrected chi connectivity index (χ3v) is 4.47. The van der Waals surface area contributed by atoms with E-state index in [2.05, 4.69) is 63.6 Å². The fraction of sp³-hybridized carbons (Fsp3) is 0.381. The van der Waals surface area contributed by atoms with Gasteiger partial charge in [-0.3, -0.25) is 15.2 Å². The van der Waals surface area contributed by atoms with Crippen molar-refractivity contribution < 1.29 is 4.84 Å². The summed E-state index contributed by atoms with van der Waals surface area (Å²) in [7, 11) is 0. The van der Waals surface area contributed by atoms with Crippen molar-refractivity contribution in [3.8, 4) is 0 Å². The van der Waals surface area contributed by atoms with E-state index >= 15 is 0 Å². The second kappa shape index (κ2) is 9.94. The molecule has 1 N–H and O–H groups in total. The third kappa shape index (κ3) is 5.31. The van der Waals surface area contributed by atoms with E-state index in [9.17, 15) is 0 Å². The van der Waals surface area contributed by atoms with E-state index in [1.54, 1.807) is 0 Å². The molecule has 0 aliphatic carbocycles. The lowest BCUT2D eigenvalue weighted by Gasteiger charge is -2.35. The van der Waals surface area contributed by atoms with Crippen LogP contribution in [0.4, 0.5) is 5.82 Å². The molecule has 5 heteroatoms. The summed E-state index contributed by atoms with van der Waals surface area (Å²) >= 11 is 0. The van der Waals surface area contributed by atoms with Gasteiger partial charge >= 0.3 is 0 Å². The first-order valence-electron chi connectivity index (χ1n) is 9.38. The number of pyridine rings is 1. The van der Waals surface area contributed by atoms with Crippen LogP contribution in [-0.4, -0.2) is 49.2 Å². The Morgan fingerprint density at radius 1 is 1.08 bits per heavy atom. The summed E-state index contributed by atoms with van der Waals surface area (Å²) in [5, 5.41) is 0. The largest absolute Gasteiger partial charge is 0.354 e. The van der Waals surface area contributed by atoms with E-state index in [-0.39, 0.29) is 0 Å². The van der Waals surface area contributed by atoms with Crippen molar-refractivity contribution in [2.75, 3.05) is 44.2 Å². The van der Waals surface area contributed by atoms with Gasteiger partial charge < -0.3 is 4.90 Å². The lowest BCUT2D eigenvalue weighted by Crippen LogP contribution is -2.46. The van der Waals surface area contributed by atoms with Gasteiger partial charge in [-0.2, -0.15) is 0 Å². The summed E-state index contributed by atoms with van der Waals surface area (Å²) in [5.41, 5.74) is 5.31. The molecular formula is C21H28N4O. The topological polar surface area (TPSA) is 40.6 Å². The molecule has 1 fully saturated rings. The lowest BCUT2D eigenvalue weighted by atomic mass is 10.1. The third-order valence-electron chi connectivity index (χ3n) is 4.47. The number of rotatable bonds is 8. The van der Waals surface area contributed by atoms with Crippen LogP contribution in [0.25, 0.3) is 5.70 Å². The van der Waals surface area contributed by atoms with Crippen LogP contribution < -0.4 is 10.4 Å². The van der Waals surface area contributed by atoms with Crippen molar-refractivity contribution >= 4 is 11.5 Å². The van der Waals surface area contributed by atoms with E-state index in [1.807, 2.05) is 24.4 Å². The number of hydrogen-bond acceptors (Lipinski definition) is 5. The van der Waals surface area contributed by atoms with Gasteiger partial charge in [0.25, 0.3) is 0 Å². The highest BCUT2D eigenvalue weighted by Gasteiger charge is 2.17. The SMILES string of the molecule is CCCONC(=CCN1CCN(c2ccccn2)CC1)c1ccccc1. The molecule has 0 spiro atoms. The predicted octanol–water partition coefficient (Wildman–Crippen LogP) is 3.18. The number of aromatic nitrogens is 1. The lowest BCUT2D eigenvalue weighted by molar-refractivity contribution is 0.0786. The fourth-order valence-electron chi connectivity index (χ4n) is 2.99. The molecular weight excluding hydrogens is 324 g/mol. The van der Waals surface area contributed by atoms with Crippen LogP contribution in [0, 0.1) is 0 Å². The molecule has 0 amide bonds. The van der Waals surface area contributed by atoms with Gasteiger partial charge in [0.1, 0.15) is 5.82 Å². The molecule has 2 aromatic rings. The van der Waals surface area contributed by atoms with Crippen LogP contribution in [0.5, 0.6) is 0 Å². The highest BCUT2D eigenvalue weighted by molar-refractivity contribution is 5.63. The minimum absolute atomic E-state index is 0.701. The zero-order valence-electron chi connectivity index (χ0n) is 15.5. The summed E-state index contributed by atoms with van der Waals surface area (Å²) in [5.74, 6) is 1.07. The molecule has 0 unspecified atom stereocenters. The van der Waals surface area contributed by atoms with Crippen LogP contribution in [0.1, 0.15) is 18.9 Å². The Labute approximate surface area is 156 Å². The molecule has 1 aliphatic heterocycles. The number of piperazine rings is 1. The minimum atomic E-state index is 0.701. The van der Waals surface area contributed by atoms with Crippen LogP contribution in [0.3, 0.4) is 0 Å². The van der Waals surface area contributed by atoms with Crippen molar-refractivity contribution in [3.05, 3.63) is 66.4 Å². The second-order valence-corrected chi connectivity index (χ2v) is 6.41. The zero-order valence-corrected chi connectivity index (χ0v) is 15.5. The number of anilines is 1. The number of nitrogens with one attached hydrogen (secondary N) is 1. The summed E-state index contributed by atoms with van der Waals surface area (Å²) in [6.45, 7) is 7.79. The van der Waals surface area contributed by atoms with Gasteiger partial charge in [-0.1, -0.05) is 43.3 Å². The standard InChI is InChI=1S/C21H28N4O/c1-2-18-26-23-20(19-8-4-3-5-9-19)11-13-24-14-16-25(17-15-24)21-10-6-7-12-22-21/h3-12,23H,2,13-18H2,1H3. The van der Waals surface area contributed by atoms with Gasteiger partial charge in [-0.15, -0.1) is 0 Å². The van der Waals surface area contributed by atoms with Gasteiger partial charge in [-0.05, 0) is 30.2 Å². The highest BCUT2D eigenvalue weighted by Crippen LogP contribution is 2.14. The molecule has 2 heterocycles. The Bertz CT molecular complexity index is 667. The van der Waals surface area contributed by atoms with E-state index in [0.29, 0.717) is 6.61 Å². The molecule has 138 valence electrons. The first-order chi connectivity index (χ1) is 12.9. The van der Waals surface area contributed by atoms with E-state index in [4.69, 9.17) is 4.84 Å². The van der Waals surface area contributed by atoms with E-state index in [1.165, 1.54) is 0 Å². The average Bonchev–Trinajstić information content (AvgIpc) is 2.72. The van der Waals surface area contributed by atoms with Crippen LogP contribution >= 0.6 is 0 Å². The molecule has 0 bridgehead atoms. The molecule has 5 nitrogen and oxygen atoms in total.